The number of H-pyrrole nitrogens is 1. The maximum atomic E-state index is 12.5. The lowest BCUT2D eigenvalue weighted by Gasteiger charge is -2.18. The van der Waals surface area contributed by atoms with Gasteiger partial charge < -0.3 is 15.0 Å². The van der Waals surface area contributed by atoms with Crippen LogP contribution in [0.15, 0.2) is 85.1 Å². The summed E-state index contributed by atoms with van der Waals surface area (Å²) in [6.45, 7) is 2.61. The summed E-state index contributed by atoms with van der Waals surface area (Å²) in [5.41, 5.74) is 4.68. The number of ether oxygens (including phenoxy) is 1. The first-order valence-electron chi connectivity index (χ1n) is 10.3. The molecule has 0 saturated carbocycles. The largest absolute Gasteiger partial charge is 0.484 e. The third kappa shape index (κ3) is 4.54. The Hall–Kier alpha value is -3.53. The Labute approximate surface area is 176 Å². The van der Waals surface area contributed by atoms with Gasteiger partial charge in [0.05, 0.1) is 0 Å². The Kier molecular flexibility index (Phi) is 6.14. The minimum Gasteiger partial charge on any atom is -0.484 e. The molecule has 1 aromatic heterocycles. The lowest BCUT2D eigenvalue weighted by atomic mass is 9.91. The highest BCUT2D eigenvalue weighted by atomic mass is 16.5. The maximum Gasteiger partial charge on any atom is 0.257 e. The molecule has 152 valence electrons. The highest BCUT2D eigenvalue weighted by Gasteiger charge is 2.19. The van der Waals surface area contributed by atoms with E-state index in [-0.39, 0.29) is 18.4 Å². The molecule has 0 bridgehead atoms. The summed E-state index contributed by atoms with van der Waals surface area (Å²) in [6.07, 6.45) is 3.02. The molecule has 0 aliphatic carbocycles. The average molecular weight is 399 g/mol. The van der Waals surface area contributed by atoms with Gasteiger partial charge in [-0.1, -0.05) is 67.6 Å². The Morgan fingerprint density at radius 1 is 0.967 bits per heavy atom. The molecule has 0 aliphatic rings. The van der Waals surface area contributed by atoms with Crippen LogP contribution in [0, 0.1) is 0 Å². The van der Waals surface area contributed by atoms with Crippen LogP contribution in [0.5, 0.6) is 5.75 Å². The van der Waals surface area contributed by atoms with Crippen molar-refractivity contribution in [1.29, 1.82) is 0 Å². The third-order valence-electron chi connectivity index (χ3n) is 5.40. The van der Waals surface area contributed by atoms with E-state index in [1.807, 2.05) is 60.8 Å². The fraction of sp³-hybridized carbons (Fsp3) is 0.192. The summed E-state index contributed by atoms with van der Waals surface area (Å²) in [5.74, 6) is 0.629. The number of carbonyl (C=O) groups excluding carboxylic acids is 1. The van der Waals surface area contributed by atoms with Crippen molar-refractivity contribution in [3.05, 3.63) is 102 Å². The first kappa shape index (κ1) is 19.8. The minimum atomic E-state index is -0.129. The molecular formula is C26H26N2O2. The van der Waals surface area contributed by atoms with E-state index < -0.39 is 0 Å². The molecule has 1 heterocycles. The topological polar surface area (TPSA) is 54.1 Å². The van der Waals surface area contributed by atoms with Crippen molar-refractivity contribution in [3.8, 4) is 5.75 Å². The number of fused-ring (bicyclic) bond motifs is 1. The van der Waals surface area contributed by atoms with E-state index >= 15 is 0 Å². The van der Waals surface area contributed by atoms with Gasteiger partial charge in [-0.15, -0.1) is 0 Å². The minimum absolute atomic E-state index is 0.000859. The van der Waals surface area contributed by atoms with Gasteiger partial charge in [-0.25, -0.2) is 0 Å². The van der Waals surface area contributed by atoms with Gasteiger partial charge in [0, 0.05) is 29.6 Å². The van der Waals surface area contributed by atoms with E-state index in [9.17, 15) is 4.79 Å². The fourth-order valence-corrected chi connectivity index (χ4v) is 3.71. The number of hydrogen-bond acceptors (Lipinski definition) is 2. The predicted molar refractivity (Wildman–Crippen MR) is 121 cm³/mol. The van der Waals surface area contributed by atoms with Crippen molar-refractivity contribution in [2.45, 2.75) is 19.3 Å². The molecule has 0 aliphatic heterocycles. The third-order valence-corrected chi connectivity index (χ3v) is 5.40. The van der Waals surface area contributed by atoms with Gasteiger partial charge in [0.1, 0.15) is 5.75 Å². The van der Waals surface area contributed by atoms with Crippen LogP contribution in [0.25, 0.3) is 10.9 Å². The van der Waals surface area contributed by atoms with Crippen LogP contribution >= 0.6 is 0 Å². The second kappa shape index (κ2) is 9.31. The van der Waals surface area contributed by atoms with Gasteiger partial charge in [-0.2, -0.15) is 0 Å². The van der Waals surface area contributed by atoms with Crippen molar-refractivity contribution < 1.29 is 9.53 Å². The number of aryl methyl sites for hydroxylation is 1. The van der Waals surface area contributed by atoms with Crippen molar-refractivity contribution in [1.82, 2.24) is 10.3 Å². The number of amides is 1. The number of aromatic amines is 1. The summed E-state index contributed by atoms with van der Waals surface area (Å²) in [5, 5.41) is 4.22. The van der Waals surface area contributed by atoms with Crippen molar-refractivity contribution in [2.24, 2.45) is 0 Å². The molecular weight excluding hydrogens is 372 g/mol. The Bertz CT molecular complexity index is 1100. The molecule has 4 aromatic rings. The summed E-state index contributed by atoms with van der Waals surface area (Å²) < 4.78 is 5.65. The van der Waals surface area contributed by atoms with E-state index in [0.717, 1.165) is 11.9 Å². The quantitative estimate of drug-likeness (QED) is 0.436. The number of hydrogen-bond donors (Lipinski definition) is 2. The number of rotatable bonds is 8. The average Bonchev–Trinajstić information content (AvgIpc) is 3.23. The van der Waals surface area contributed by atoms with E-state index in [0.29, 0.717) is 12.3 Å². The van der Waals surface area contributed by atoms with E-state index in [2.05, 4.69) is 41.5 Å². The molecule has 0 radical (unpaired) electrons. The normalized spacial score (nSPS) is 11.9. The lowest BCUT2D eigenvalue weighted by Crippen LogP contribution is -2.32. The van der Waals surface area contributed by atoms with Gasteiger partial charge in [0.2, 0.25) is 0 Å². The van der Waals surface area contributed by atoms with E-state index in [1.54, 1.807) is 0 Å². The lowest BCUT2D eigenvalue weighted by molar-refractivity contribution is -0.123. The molecule has 3 aromatic carbocycles. The molecule has 0 fully saturated rings. The number of nitrogens with one attached hydrogen (secondary N) is 2. The zero-order valence-electron chi connectivity index (χ0n) is 17.1. The zero-order chi connectivity index (χ0) is 20.8. The second-order valence-electron chi connectivity index (χ2n) is 7.34. The van der Waals surface area contributed by atoms with Crippen molar-refractivity contribution >= 4 is 16.8 Å². The molecule has 4 nitrogen and oxygen atoms in total. The first-order chi connectivity index (χ1) is 14.7. The number of carbonyl (C=O) groups is 1. The van der Waals surface area contributed by atoms with Crippen LogP contribution in [0.2, 0.25) is 0 Å². The number of aromatic nitrogens is 1. The van der Waals surface area contributed by atoms with Crippen molar-refractivity contribution in [3.63, 3.8) is 0 Å². The molecule has 1 unspecified atom stereocenters. The van der Waals surface area contributed by atoms with Crippen LogP contribution in [0.3, 0.4) is 0 Å². The van der Waals surface area contributed by atoms with Crippen LogP contribution in [-0.4, -0.2) is 24.0 Å². The predicted octanol–water partition coefficient (Wildman–Crippen LogP) is 5.06. The molecule has 4 rings (SSSR count). The van der Waals surface area contributed by atoms with Crippen molar-refractivity contribution in [2.75, 3.05) is 13.2 Å². The summed E-state index contributed by atoms with van der Waals surface area (Å²) in [4.78, 5) is 15.8. The van der Waals surface area contributed by atoms with E-state index in [4.69, 9.17) is 4.74 Å². The van der Waals surface area contributed by atoms with Gasteiger partial charge in [-0.05, 0) is 41.3 Å². The molecule has 4 heteroatoms. The van der Waals surface area contributed by atoms with Crippen LogP contribution in [-0.2, 0) is 11.2 Å². The van der Waals surface area contributed by atoms with Crippen LogP contribution < -0.4 is 10.1 Å². The van der Waals surface area contributed by atoms with E-state index in [1.165, 1.54) is 22.1 Å². The second-order valence-corrected chi connectivity index (χ2v) is 7.34. The first-order valence-corrected chi connectivity index (χ1v) is 10.3. The molecule has 0 saturated heterocycles. The highest BCUT2D eigenvalue weighted by molar-refractivity contribution is 5.84. The molecule has 2 N–H and O–H groups in total. The fourth-order valence-electron chi connectivity index (χ4n) is 3.71. The molecule has 0 spiro atoms. The standard InChI is InChI=1S/C26H26N2O2/c1-2-19-12-14-21(15-13-19)30-18-26(29)28-16-23(20-8-4-3-5-9-20)24-17-27-25-11-7-6-10-22(24)25/h3-15,17,23,27H,2,16,18H2,1H3,(H,28,29). The van der Waals surface area contributed by atoms with Crippen LogP contribution in [0.1, 0.15) is 29.5 Å². The Balaban J connectivity index is 1.45. The number of para-hydroxylation sites is 1. The zero-order valence-corrected chi connectivity index (χ0v) is 17.1. The molecule has 1 amide bonds. The summed E-state index contributed by atoms with van der Waals surface area (Å²) >= 11 is 0. The molecule has 1 atom stereocenters. The van der Waals surface area contributed by atoms with Gasteiger partial charge in [0.25, 0.3) is 5.91 Å². The monoisotopic (exact) mass is 398 g/mol. The van der Waals surface area contributed by atoms with Gasteiger partial charge in [-0.3, -0.25) is 4.79 Å². The Morgan fingerprint density at radius 3 is 2.47 bits per heavy atom. The Morgan fingerprint density at radius 2 is 1.70 bits per heavy atom. The SMILES string of the molecule is CCc1ccc(OCC(=O)NCC(c2ccccc2)c2c[nH]c3ccccc23)cc1. The van der Waals surface area contributed by atoms with Gasteiger partial charge in [0.15, 0.2) is 6.61 Å². The summed E-state index contributed by atoms with van der Waals surface area (Å²) in [7, 11) is 0. The molecule has 30 heavy (non-hydrogen) atoms. The summed E-state index contributed by atoms with van der Waals surface area (Å²) in [6, 6.07) is 26.4. The van der Waals surface area contributed by atoms with Crippen LogP contribution in [0.4, 0.5) is 0 Å². The van der Waals surface area contributed by atoms with Gasteiger partial charge >= 0.3 is 0 Å². The maximum absolute atomic E-state index is 12.5. The smallest absolute Gasteiger partial charge is 0.257 e. The number of benzene rings is 3. The highest BCUT2D eigenvalue weighted by Crippen LogP contribution is 2.30.